The monoisotopic (exact) mass is 633 g/mol. The Morgan fingerprint density at radius 2 is 1.10 bits per heavy atom. The minimum atomic E-state index is -0.196. The van der Waals surface area contributed by atoms with Crippen molar-refractivity contribution in [1.82, 2.24) is 24.9 Å². The highest BCUT2D eigenvalue weighted by Crippen LogP contribution is 2.37. The first-order valence-electron chi connectivity index (χ1n) is 16.4. The van der Waals surface area contributed by atoms with Crippen molar-refractivity contribution in [3.05, 3.63) is 126 Å². The first-order valence-corrected chi connectivity index (χ1v) is 16.4. The van der Waals surface area contributed by atoms with E-state index in [4.69, 9.17) is 24.7 Å². The van der Waals surface area contributed by atoms with E-state index in [-0.39, 0.29) is 10.8 Å². The summed E-state index contributed by atoms with van der Waals surface area (Å²) in [5.41, 5.74) is 10.2. The fourth-order valence-corrected chi connectivity index (χ4v) is 5.75. The van der Waals surface area contributed by atoms with Gasteiger partial charge in [-0.1, -0.05) is 71.9 Å². The Labute approximate surface area is 284 Å². The van der Waals surface area contributed by atoms with Gasteiger partial charge in [-0.3, -0.25) is 9.97 Å². The Morgan fingerprint density at radius 1 is 0.521 bits per heavy atom. The molecule has 0 aliphatic carbocycles. The van der Waals surface area contributed by atoms with Crippen molar-refractivity contribution in [2.24, 2.45) is 0 Å². The lowest BCUT2D eigenvalue weighted by Crippen LogP contribution is -2.24. The topological polar surface area (TPSA) is 73.7 Å². The number of ether oxygens (including phenoxy) is 1. The van der Waals surface area contributed by atoms with E-state index in [0.717, 1.165) is 73.5 Å². The van der Waals surface area contributed by atoms with Gasteiger partial charge in [0.2, 0.25) is 0 Å². The van der Waals surface area contributed by atoms with Crippen molar-refractivity contribution in [3.8, 4) is 56.5 Å². The molecule has 0 N–H and O–H groups in total. The summed E-state index contributed by atoms with van der Waals surface area (Å²) in [6.07, 6.45) is 3.76. The number of benzene rings is 3. The molecule has 242 valence electrons. The second-order valence-corrected chi connectivity index (χ2v) is 14.5. The van der Waals surface area contributed by atoms with Gasteiger partial charge in [0.1, 0.15) is 23.1 Å². The quantitative estimate of drug-likeness (QED) is 0.182. The molecule has 6 rings (SSSR count). The van der Waals surface area contributed by atoms with Crippen molar-refractivity contribution in [2.45, 2.75) is 73.1 Å². The fourth-order valence-electron chi connectivity index (χ4n) is 5.75. The van der Waals surface area contributed by atoms with Crippen molar-refractivity contribution in [2.75, 3.05) is 0 Å². The highest BCUT2D eigenvalue weighted by molar-refractivity contribution is 5.80. The zero-order valence-electron chi connectivity index (χ0n) is 29.4. The SMILES string of the molecule is Cc1cnc(-c2cccc(Oc3cccc(-c4ccccn4)c3)c2)cc1-c1c(C)cc(-c2nc(C(C)(C)C)nc(C(C)(C)C)n2)cc1C. The van der Waals surface area contributed by atoms with E-state index in [1.807, 2.05) is 66.9 Å². The van der Waals surface area contributed by atoms with Crippen LogP contribution in [0.5, 0.6) is 11.5 Å². The third-order valence-electron chi connectivity index (χ3n) is 8.30. The lowest BCUT2D eigenvalue weighted by molar-refractivity contribution is 0.483. The molecule has 0 unspecified atom stereocenters. The van der Waals surface area contributed by atoms with Gasteiger partial charge in [0.25, 0.3) is 0 Å². The normalized spacial score (nSPS) is 11.9. The number of nitrogens with zero attached hydrogens (tertiary/aromatic N) is 5. The molecule has 0 spiro atoms. The van der Waals surface area contributed by atoms with Crippen LogP contribution in [-0.4, -0.2) is 24.9 Å². The number of pyridine rings is 2. The molecule has 6 heteroatoms. The van der Waals surface area contributed by atoms with Gasteiger partial charge in [0, 0.05) is 39.9 Å². The minimum Gasteiger partial charge on any atom is -0.457 e. The Bertz CT molecular complexity index is 2050. The van der Waals surface area contributed by atoms with Crippen LogP contribution in [0.2, 0.25) is 0 Å². The summed E-state index contributed by atoms with van der Waals surface area (Å²) < 4.78 is 6.32. The Kier molecular flexibility index (Phi) is 8.69. The maximum atomic E-state index is 6.32. The van der Waals surface area contributed by atoms with Crippen LogP contribution in [0.15, 0.2) is 97.3 Å². The molecule has 0 saturated heterocycles. The van der Waals surface area contributed by atoms with Crippen molar-refractivity contribution in [1.29, 1.82) is 0 Å². The summed E-state index contributed by atoms with van der Waals surface area (Å²) in [7, 11) is 0. The number of hydrogen-bond donors (Lipinski definition) is 0. The van der Waals surface area contributed by atoms with E-state index < -0.39 is 0 Å². The smallest absolute Gasteiger partial charge is 0.163 e. The van der Waals surface area contributed by atoms with Crippen LogP contribution in [0.25, 0.3) is 45.0 Å². The van der Waals surface area contributed by atoms with Crippen LogP contribution >= 0.6 is 0 Å². The summed E-state index contributed by atoms with van der Waals surface area (Å²) in [5, 5.41) is 0. The molecule has 0 aliphatic rings. The summed E-state index contributed by atoms with van der Waals surface area (Å²) >= 11 is 0. The van der Waals surface area contributed by atoms with E-state index in [1.165, 1.54) is 5.56 Å². The van der Waals surface area contributed by atoms with Gasteiger partial charge in [-0.2, -0.15) is 0 Å². The molecular weight excluding hydrogens is 590 g/mol. The van der Waals surface area contributed by atoms with Gasteiger partial charge in [0.15, 0.2) is 5.82 Å². The van der Waals surface area contributed by atoms with E-state index in [2.05, 4.69) is 91.6 Å². The Balaban J connectivity index is 1.33. The first-order chi connectivity index (χ1) is 22.8. The molecule has 3 aromatic heterocycles. The fraction of sp³-hybridized carbons (Fsp3) is 0.262. The average Bonchev–Trinajstić information content (AvgIpc) is 3.05. The van der Waals surface area contributed by atoms with Crippen molar-refractivity contribution >= 4 is 0 Å². The number of aromatic nitrogens is 5. The van der Waals surface area contributed by atoms with E-state index in [1.54, 1.807) is 6.20 Å². The molecule has 0 fully saturated rings. The molecular formula is C42H43N5O. The van der Waals surface area contributed by atoms with Crippen molar-refractivity contribution < 1.29 is 4.74 Å². The standard InChI is InChI=1S/C42H43N5O/c1-26-20-31(38-45-39(41(4,5)6)47-40(46-38)42(7,8)9)21-27(2)37(26)34-24-36(44-25-28(34)3)30-15-13-17-33(23-30)48-32-16-12-14-29(22-32)35-18-10-11-19-43-35/h10-25H,1-9H3. The largest absolute Gasteiger partial charge is 0.457 e. The van der Waals surface area contributed by atoms with Gasteiger partial charge < -0.3 is 4.74 Å². The van der Waals surface area contributed by atoms with E-state index in [9.17, 15) is 0 Å². The molecule has 0 atom stereocenters. The van der Waals surface area contributed by atoms with Crippen LogP contribution in [0, 0.1) is 20.8 Å². The summed E-state index contributed by atoms with van der Waals surface area (Å²) in [4.78, 5) is 24.1. The number of aryl methyl sites for hydroxylation is 3. The molecule has 0 saturated carbocycles. The molecule has 0 radical (unpaired) electrons. The van der Waals surface area contributed by atoms with Gasteiger partial charge >= 0.3 is 0 Å². The number of rotatable bonds is 6. The second kappa shape index (κ2) is 12.8. The number of hydrogen-bond acceptors (Lipinski definition) is 6. The van der Waals surface area contributed by atoms with Gasteiger partial charge in [-0.15, -0.1) is 0 Å². The highest BCUT2D eigenvalue weighted by Gasteiger charge is 2.26. The van der Waals surface area contributed by atoms with Crippen LogP contribution in [0.4, 0.5) is 0 Å². The summed E-state index contributed by atoms with van der Waals surface area (Å²) in [6, 6.07) is 28.6. The van der Waals surface area contributed by atoms with Crippen molar-refractivity contribution in [3.63, 3.8) is 0 Å². The molecule has 0 amide bonds. The first kappa shape index (κ1) is 32.7. The molecule has 48 heavy (non-hydrogen) atoms. The van der Waals surface area contributed by atoms with E-state index >= 15 is 0 Å². The third kappa shape index (κ3) is 7.03. The molecule has 0 aliphatic heterocycles. The zero-order valence-corrected chi connectivity index (χ0v) is 29.4. The van der Waals surface area contributed by atoms with Gasteiger partial charge in [-0.05, 0) is 103 Å². The molecule has 3 heterocycles. The van der Waals surface area contributed by atoms with Crippen LogP contribution < -0.4 is 4.74 Å². The molecule has 3 aromatic carbocycles. The average molecular weight is 634 g/mol. The molecule has 6 nitrogen and oxygen atoms in total. The maximum absolute atomic E-state index is 6.32. The zero-order chi connectivity index (χ0) is 34.2. The second-order valence-electron chi connectivity index (χ2n) is 14.5. The van der Waals surface area contributed by atoms with Gasteiger partial charge in [0.05, 0.1) is 11.4 Å². The Hall–Kier alpha value is -5.23. The van der Waals surface area contributed by atoms with Crippen LogP contribution in [0.1, 0.15) is 69.9 Å². The predicted molar refractivity (Wildman–Crippen MR) is 195 cm³/mol. The lowest BCUT2D eigenvalue weighted by atomic mass is 9.90. The van der Waals surface area contributed by atoms with E-state index in [0.29, 0.717) is 5.82 Å². The Morgan fingerprint density at radius 3 is 1.65 bits per heavy atom. The lowest BCUT2D eigenvalue weighted by Gasteiger charge is -2.23. The van der Waals surface area contributed by atoms with Crippen LogP contribution in [-0.2, 0) is 10.8 Å². The maximum Gasteiger partial charge on any atom is 0.163 e. The third-order valence-corrected chi connectivity index (χ3v) is 8.30. The highest BCUT2D eigenvalue weighted by atomic mass is 16.5. The summed E-state index contributed by atoms with van der Waals surface area (Å²) in [5.74, 6) is 3.82. The van der Waals surface area contributed by atoms with Gasteiger partial charge in [-0.25, -0.2) is 15.0 Å². The predicted octanol–water partition coefficient (Wildman–Crippen LogP) is 10.6. The summed E-state index contributed by atoms with van der Waals surface area (Å²) in [6.45, 7) is 19.3. The molecule has 6 aromatic rings. The minimum absolute atomic E-state index is 0.196. The molecule has 0 bridgehead atoms. The van der Waals surface area contributed by atoms with Crippen LogP contribution in [0.3, 0.4) is 0 Å².